The van der Waals surface area contributed by atoms with Crippen LogP contribution in [-0.2, 0) is 13.9 Å². The van der Waals surface area contributed by atoms with Crippen molar-refractivity contribution in [2.75, 3.05) is 12.7 Å². The van der Waals surface area contributed by atoms with Crippen LogP contribution in [0.1, 0.15) is 6.92 Å². The molecule has 0 amide bonds. The van der Waals surface area contributed by atoms with Crippen LogP contribution in [-0.4, -0.2) is 29.6 Å². The van der Waals surface area contributed by atoms with Gasteiger partial charge in [-0.3, -0.25) is 4.79 Å². The molecular formula is C5H13N2O4P. The Balaban J connectivity index is 4.06. The lowest BCUT2D eigenvalue weighted by atomic mass is 10.4. The lowest BCUT2D eigenvalue weighted by molar-refractivity contribution is -0.135. The molecule has 0 aromatic rings. The Labute approximate surface area is 70.4 Å². The minimum absolute atomic E-state index is 0.0139. The van der Waals surface area contributed by atoms with Crippen molar-refractivity contribution in [1.29, 1.82) is 0 Å². The molecule has 6 nitrogen and oxygen atoms in total. The fraction of sp³-hybridized carbons (Fsp3) is 0.800. The van der Waals surface area contributed by atoms with E-state index in [-0.39, 0.29) is 12.7 Å². The first-order valence-corrected chi connectivity index (χ1v) is 5.16. The zero-order chi connectivity index (χ0) is 9.78. The van der Waals surface area contributed by atoms with Gasteiger partial charge < -0.3 is 20.9 Å². The molecule has 0 bridgehead atoms. The van der Waals surface area contributed by atoms with Crippen molar-refractivity contribution in [1.82, 2.24) is 0 Å². The van der Waals surface area contributed by atoms with Crippen LogP contribution in [0.25, 0.3) is 0 Å². The van der Waals surface area contributed by atoms with E-state index < -0.39 is 19.6 Å². The van der Waals surface area contributed by atoms with E-state index in [4.69, 9.17) is 16.4 Å². The third-order valence-electron chi connectivity index (χ3n) is 1.02. The molecule has 0 aliphatic heterocycles. The van der Waals surface area contributed by atoms with E-state index in [0.29, 0.717) is 0 Å². The van der Waals surface area contributed by atoms with Crippen molar-refractivity contribution in [2.24, 2.45) is 11.5 Å². The van der Waals surface area contributed by atoms with Crippen molar-refractivity contribution in [3.63, 3.8) is 0 Å². The number of carbonyl (C=O) groups is 1. The van der Waals surface area contributed by atoms with Crippen LogP contribution in [0.3, 0.4) is 0 Å². The van der Waals surface area contributed by atoms with E-state index in [0.717, 1.165) is 0 Å². The molecule has 2 atom stereocenters. The molecule has 1 unspecified atom stereocenters. The second-order valence-electron chi connectivity index (χ2n) is 2.35. The SMILES string of the molecule is C[C@H](N)C(=O)OP(=O)(O)CCN. The molecule has 0 heterocycles. The van der Waals surface area contributed by atoms with Crippen LogP contribution in [0.2, 0.25) is 0 Å². The van der Waals surface area contributed by atoms with Gasteiger partial charge in [0, 0.05) is 6.54 Å². The van der Waals surface area contributed by atoms with Gasteiger partial charge in [0.25, 0.3) is 0 Å². The molecule has 7 heteroatoms. The van der Waals surface area contributed by atoms with E-state index >= 15 is 0 Å². The Morgan fingerprint density at radius 2 is 2.25 bits per heavy atom. The van der Waals surface area contributed by atoms with E-state index in [9.17, 15) is 9.36 Å². The van der Waals surface area contributed by atoms with Gasteiger partial charge in [-0.25, -0.2) is 4.57 Å². The predicted octanol–water partition coefficient (Wildman–Crippen LogP) is -0.979. The number of hydrogen-bond donors (Lipinski definition) is 3. The summed E-state index contributed by atoms with van der Waals surface area (Å²) in [5.41, 5.74) is 10.1. The summed E-state index contributed by atoms with van der Waals surface area (Å²) in [5, 5.41) is 0. The maximum Gasteiger partial charge on any atom is 0.380 e. The summed E-state index contributed by atoms with van der Waals surface area (Å²) in [5.74, 6) is -0.894. The summed E-state index contributed by atoms with van der Waals surface area (Å²) < 4.78 is 15.1. The lowest BCUT2D eigenvalue weighted by Gasteiger charge is -2.11. The normalized spacial score (nSPS) is 18.0. The van der Waals surface area contributed by atoms with Crippen LogP contribution >= 0.6 is 7.60 Å². The summed E-state index contributed by atoms with van der Waals surface area (Å²) in [7, 11) is -3.86. The molecule has 5 N–H and O–H groups in total. The van der Waals surface area contributed by atoms with E-state index in [1.807, 2.05) is 0 Å². The quantitative estimate of drug-likeness (QED) is 0.498. The number of hydrogen-bond acceptors (Lipinski definition) is 5. The first kappa shape index (κ1) is 11.6. The summed E-state index contributed by atoms with van der Waals surface area (Å²) in [6.45, 7) is 1.35. The number of carbonyl (C=O) groups excluding carboxylic acids is 1. The maximum absolute atomic E-state index is 10.9. The molecule has 0 saturated heterocycles. The highest BCUT2D eigenvalue weighted by molar-refractivity contribution is 7.53. The van der Waals surface area contributed by atoms with Gasteiger partial charge in [0.05, 0.1) is 6.16 Å². The van der Waals surface area contributed by atoms with Gasteiger partial charge in [-0.1, -0.05) is 0 Å². The highest BCUT2D eigenvalue weighted by Gasteiger charge is 2.24. The Morgan fingerprint density at radius 1 is 1.75 bits per heavy atom. The first-order valence-electron chi connectivity index (χ1n) is 3.40. The van der Waals surface area contributed by atoms with Crippen molar-refractivity contribution in [3.8, 4) is 0 Å². The molecule has 0 radical (unpaired) electrons. The highest BCUT2D eigenvalue weighted by atomic mass is 31.2. The van der Waals surface area contributed by atoms with Crippen molar-refractivity contribution in [2.45, 2.75) is 13.0 Å². The molecule has 0 saturated carbocycles. The van der Waals surface area contributed by atoms with E-state index in [1.165, 1.54) is 6.92 Å². The maximum atomic E-state index is 10.9. The van der Waals surface area contributed by atoms with Gasteiger partial charge in [0.2, 0.25) is 0 Å². The molecular weight excluding hydrogens is 183 g/mol. The van der Waals surface area contributed by atoms with E-state index in [1.54, 1.807) is 0 Å². The van der Waals surface area contributed by atoms with Crippen molar-refractivity contribution >= 4 is 13.6 Å². The minimum atomic E-state index is -3.86. The van der Waals surface area contributed by atoms with Crippen molar-refractivity contribution < 1.29 is 18.8 Å². The van der Waals surface area contributed by atoms with Crippen LogP contribution < -0.4 is 11.5 Å². The van der Waals surface area contributed by atoms with Crippen LogP contribution in [0.15, 0.2) is 0 Å². The second kappa shape index (κ2) is 4.57. The van der Waals surface area contributed by atoms with Gasteiger partial charge in [0.1, 0.15) is 6.04 Å². The molecule has 0 spiro atoms. The average Bonchev–Trinajstić information content (AvgIpc) is 1.85. The zero-order valence-corrected chi connectivity index (χ0v) is 7.66. The molecule has 0 fully saturated rings. The molecule has 72 valence electrons. The summed E-state index contributed by atoms with van der Waals surface area (Å²) in [6.07, 6.45) is -0.245. The lowest BCUT2D eigenvalue weighted by Crippen LogP contribution is -2.28. The molecule has 0 aromatic heterocycles. The topological polar surface area (TPSA) is 116 Å². The largest absolute Gasteiger partial charge is 0.391 e. The second-order valence-corrected chi connectivity index (χ2v) is 4.25. The van der Waals surface area contributed by atoms with Crippen LogP contribution in [0.4, 0.5) is 0 Å². The Morgan fingerprint density at radius 3 is 2.58 bits per heavy atom. The predicted molar refractivity (Wildman–Crippen MR) is 43.5 cm³/mol. The Bertz CT molecular complexity index is 206. The third-order valence-corrected chi connectivity index (χ3v) is 2.30. The standard InChI is InChI=1S/C5H13N2O4P/c1-4(7)5(8)11-12(9,10)3-2-6/h4H,2-3,6-7H2,1H3,(H,9,10)/t4-/m0/s1. The molecule has 0 rings (SSSR count). The monoisotopic (exact) mass is 196 g/mol. The smallest absolute Gasteiger partial charge is 0.380 e. The summed E-state index contributed by atoms with van der Waals surface area (Å²) in [6, 6.07) is -0.900. The minimum Gasteiger partial charge on any atom is -0.391 e. The Kier molecular flexibility index (Phi) is 4.41. The zero-order valence-electron chi connectivity index (χ0n) is 6.77. The molecule has 0 aliphatic carbocycles. The highest BCUT2D eigenvalue weighted by Crippen LogP contribution is 2.41. The van der Waals surface area contributed by atoms with Crippen LogP contribution in [0.5, 0.6) is 0 Å². The number of rotatable bonds is 4. The molecule has 0 aromatic carbocycles. The first-order chi connectivity index (χ1) is 5.39. The van der Waals surface area contributed by atoms with Gasteiger partial charge >= 0.3 is 13.6 Å². The fourth-order valence-corrected chi connectivity index (χ4v) is 1.30. The third kappa shape index (κ3) is 4.46. The molecule has 12 heavy (non-hydrogen) atoms. The average molecular weight is 196 g/mol. The number of nitrogens with two attached hydrogens (primary N) is 2. The van der Waals surface area contributed by atoms with Gasteiger partial charge in [-0.05, 0) is 6.92 Å². The molecule has 0 aliphatic rings. The van der Waals surface area contributed by atoms with Crippen LogP contribution in [0, 0.1) is 0 Å². The van der Waals surface area contributed by atoms with Gasteiger partial charge in [0.15, 0.2) is 0 Å². The van der Waals surface area contributed by atoms with Gasteiger partial charge in [-0.15, -0.1) is 0 Å². The van der Waals surface area contributed by atoms with Crippen molar-refractivity contribution in [3.05, 3.63) is 0 Å². The van der Waals surface area contributed by atoms with E-state index in [2.05, 4.69) is 4.52 Å². The summed E-state index contributed by atoms with van der Waals surface area (Å²) in [4.78, 5) is 19.6. The fourth-order valence-electron chi connectivity index (χ4n) is 0.433. The Hall–Kier alpha value is -0.420. The summed E-state index contributed by atoms with van der Waals surface area (Å²) >= 11 is 0. The van der Waals surface area contributed by atoms with Gasteiger partial charge in [-0.2, -0.15) is 0 Å².